The lowest BCUT2D eigenvalue weighted by Gasteiger charge is -2.12. The number of nitrogens with zero attached hydrogens (tertiary/aromatic N) is 2. The first-order valence-corrected chi connectivity index (χ1v) is 7.02. The van der Waals surface area contributed by atoms with Crippen molar-refractivity contribution in [2.75, 3.05) is 11.9 Å². The normalized spacial score (nSPS) is 16.3. The Morgan fingerprint density at radius 3 is 3.00 bits per heavy atom. The van der Waals surface area contributed by atoms with Gasteiger partial charge in [-0.2, -0.15) is 0 Å². The molecule has 2 amide bonds. The van der Waals surface area contributed by atoms with Gasteiger partial charge in [0.05, 0.1) is 0 Å². The summed E-state index contributed by atoms with van der Waals surface area (Å²) in [4.78, 5) is 11.6. The Labute approximate surface area is 110 Å². The molecule has 2 rings (SSSR count). The van der Waals surface area contributed by atoms with Gasteiger partial charge in [-0.05, 0) is 32.6 Å². The lowest BCUT2D eigenvalue weighted by Crippen LogP contribution is -2.36. The number of urea groups is 1. The van der Waals surface area contributed by atoms with Crippen LogP contribution in [0.3, 0.4) is 0 Å². The van der Waals surface area contributed by atoms with Crippen LogP contribution in [-0.2, 0) is 0 Å². The lowest BCUT2D eigenvalue weighted by molar-refractivity contribution is 0.245. The quantitative estimate of drug-likeness (QED) is 0.734. The molecule has 1 aromatic rings. The Morgan fingerprint density at radius 1 is 1.56 bits per heavy atom. The Balaban J connectivity index is 1.75. The number of carbonyl (C=O) groups excluding carboxylic acids is 1. The fourth-order valence-electron chi connectivity index (χ4n) is 1.61. The van der Waals surface area contributed by atoms with Crippen LogP contribution in [-0.4, -0.2) is 34.0 Å². The van der Waals surface area contributed by atoms with E-state index in [0.717, 1.165) is 11.4 Å². The van der Waals surface area contributed by atoms with Crippen molar-refractivity contribution in [2.45, 2.75) is 44.6 Å². The summed E-state index contributed by atoms with van der Waals surface area (Å²) >= 11 is 1.44. The van der Waals surface area contributed by atoms with Gasteiger partial charge < -0.3 is 10.4 Å². The Kier molecular flexibility index (Phi) is 4.48. The van der Waals surface area contributed by atoms with E-state index in [1.54, 1.807) is 0 Å². The monoisotopic (exact) mass is 270 g/mol. The number of carbonyl (C=O) groups is 1. The molecule has 18 heavy (non-hydrogen) atoms. The molecular weight excluding hydrogens is 252 g/mol. The maximum Gasteiger partial charge on any atom is 0.321 e. The fourth-order valence-corrected chi connectivity index (χ4v) is 2.51. The van der Waals surface area contributed by atoms with E-state index >= 15 is 0 Å². The van der Waals surface area contributed by atoms with Crippen LogP contribution in [0.5, 0.6) is 0 Å². The van der Waals surface area contributed by atoms with Crippen molar-refractivity contribution in [3.05, 3.63) is 5.01 Å². The van der Waals surface area contributed by atoms with Crippen LogP contribution in [0.15, 0.2) is 0 Å². The second kappa shape index (κ2) is 6.10. The first kappa shape index (κ1) is 13.2. The number of hydrogen-bond donors (Lipinski definition) is 3. The van der Waals surface area contributed by atoms with E-state index in [2.05, 4.69) is 20.8 Å². The summed E-state index contributed by atoms with van der Waals surface area (Å²) in [5.74, 6) is 0.560. The third-order valence-electron chi connectivity index (χ3n) is 2.76. The summed E-state index contributed by atoms with van der Waals surface area (Å²) in [6.07, 6.45) is 3.80. The minimum absolute atomic E-state index is 0.0352. The molecule has 0 aromatic carbocycles. The smallest absolute Gasteiger partial charge is 0.321 e. The molecule has 1 unspecified atom stereocenters. The van der Waals surface area contributed by atoms with Gasteiger partial charge in [0.2, 0.25) is 5.13 Å². The van der Waals surface area contributed by atoms with E-state index in [0.29, 0.717) is 17.5 Å². The van der Waals surface area contributed by atoms with Crippen molar-refractivity contribution >= 4 is 22.5 Å². The predicted molar refractivity (Wildman–Crippen MR) is 69.8 cm³/mol. The first-order valence-electron chi connectivity index (χ1n) is 6.21. The summed E-state index contributed by atoms with van der Waals surface area (Å²) in [5, 5.41) is 23.7. The molecule has 1 aliphatic carbocycles. The Hall–Kier alpha value is -1.21. The number of rotatable bonds is 6. The summed E-state index contributed by atoms with van der Waals surface area (Å²) in [6, 6.07) is -0.230. The number of hydrogen-bond acceptors (Lipinski definition) is 5. The number of aliphatic hydroxyl groups excluding tert-OH is 1. The van der Waals surface area contributed by atoms with Crippen LogP contribution < -0.4 is 10.6 Å². The number of nitrogens with one attached hydrogen (secondary N) is 2. The van der Waals surface area contributed by atoms with Gasteiger partial charge in [0.1, 0.15) is 5.01 Å². The van der Waals surface area contributed by atoms with E-state index in [4.69, 9.17) is 5.11 Å². The van der Waals surface area contributed by atoms with Crippen molar-refractivity contribution in [3.63, 3.8) is 0 Å². The van der Waals surface area contributed by atoms with Crippen LogP contribution in [0.25, 0.3) is 0 Å². The molecule has 1 atom stereocenters. The average molecular weight is 270 g/mol. The lowest BCUT2D eigenvalue weighted by atomic mass is 10.2. The minimum Gasteiger partial charge on any atom is -0.396 e. The molecule has 1 aromatic heterocycles. The van der Waals surface area contributed by atoms with Gasteiger partial charge in [-0.15, -0.1) is 10.2 Å². The Bertz CT molecular complexity index is 406. The summed E-state index contributed by atoms with van der Waals surface area (Å²) < 4.78 is 0. The molecule has 0 radical (unpaired) electrons. The van der Waals surface area contributed by atoms with Crippen LogP contribution in [0.4, 0.5) is 9.93 Å². The topological polar surface area (TPSA) is 87.1 Å². The third-order valence-corrected chi connectivity index (χ3v) is 3.76. The number of aliphatic hydroxyl groups is 1. The zero-order valence-corrected chi connectivity index (χ0v) is 11.2. The number of anilines is 1. The number of aromatic nitrogens is 2. The van der Waals surface area contributed by atoms with E-state index < -0.39 is 0 Å². The van der Waals surface area contributed by atoms with Gasteiger partial charge in [0.25, 0.3) is 0 Å². The minimum atomic E-state index is -0.265. The van der Waals surface area contributed by atoms with E-state index in [1.165, 1.54) is 24.2 Å². The summed E-state index contributed by atoms with van der Waals surface area (Å²) in [7, 11) is 0. The van der Waals surface area contributed by atoms with Crippen molar-refractivity contribution in [3.8, 4) is 0 Å². The maximum absolute atomic E-state index is 11.6. The van der Waals surface area contributed by atoms with Gasteiger partial charge in [0.15, 0.2) is 0 Å². The van der Waals surface area contributed by atoms with Gasteiger partial charge in [0, 0.05) is 18.6 Å². The Morgan fingerprint density at radius 2 is 2.33 bits per heavy atom. The van der Waals surface area contributed by atoms with Crippen molar-refractivity contribution in [1.82, 2.24) is 15.5 Å². The SMILES string of the molecule is CC(CCCO)NC(=O)Nc1nnc(C2CC2)s1. The summed E-state index contributed by atoms with van der Waals surface area (Å²) in [6.45, 7) is 2.06. The molecule has 1 saturated carbocycles. The summed E-state index contributed by atoms with van der Waals surface area (Å²) in [5.41, 5.74) is 0. The molecule has 0 aliphatic heterocycles. The van der Waals surface area contributed by atoms with Gasteiger partial charge >= 0.3 is 6.03 Å². The van der Waals surface area contributed by atoms with Crippen LogP contribution >= 0.6 is 11.3 Å². The molecule has 0 spiro atoms. The highest BCUT2D eigenvalue weighted by Gasteiger charge is 2.27. The van der Waals surface area contributed by atoms with Crippen molar-refractivity contribution in [1.29, 1.82) is 0 Å². The highest BCUT2D eigenvalue weighted by molar-refractivity contribution is 7.15. The molecule has 1 fully saturated rings. The molecule has 3 N–H and O–H groups in total. The van der Waals surface area contributed by atoms with E-state index in [-0.39, 0.29) is 18.7 Å². The van der Waals surface area contributed by atoms with Gasteiger partial charge in [-0.3, -0.25) is 5.32 Å². The maximum atomic E-state index is 11.6. The fraction of sp³-hybridized carbons (Fsp3) is 0.727. The zero-order valence-electron chi connectivity index (χ0n) is 10.3. The second-order valence-electron chi connectivity index (χ2n) is 4.59. The van der Waals surface area contributed by atoms with Crippen molar-refractivity contribution in [2.24, 2.45) is 0 Å². The van der Waals surface area contributed by atoms with Gasteiger partial charge in [-0.25, -0.2) is 4.79 Å². The molecule has 0 bridgehead atoms. The van der Waals surface area contributed by atoms with Crippen LogP contribution in [0.2, 0.25) is 0 Å². The van der Waals surface area contributed by atoms with Gasteiger partial charge in [-0.1, -0.05) is 11.3 Å². The molecule has 6 nitrogen and oxygen atoms in total. The van der Waals surface area contributed by atoms with E-state index in [1.807, 2.05) is 6.92 Å². The molecule has 7 heteroatoms. The molecule has 100 valence electrons. The first-order chi connectivity index (χ1) is 8.69. The number of amides is 2. The standard InChI is InChI=1S/C11H18N4O2S/c1-7(3-2-6-16)12-10(17)13-11-15-14-9(18-11)8-4-5-8/h7-8,16H,2-6H2,1H3,(H2,12,13,15,17). The molecule has 0 saturated heterocycles. The van der Waals surface area contributed by atoms with Crippen LogP contribution in [0.1, 0.15) is 43.5 Å². The molecule has 1 heterocycles. The second-order valence-corrected chi connectivity index (χ2v) is 5.59. The molecule has 1 aliphatic rings. The van der Waals surface area contributed by atoms with Crippen LogP contribution in [0, 0.1) is 0 Å². The van der Waals surface area contributed by atoms with Crippen molar-refractivity contribution < 1.29 is 9.90 Å². The highest BCUT2D eigenvalue weighted by Crippen LogP contribution is 2.41. The highest BCUT2D eigenvalue weighted by atomic mass is 32.1. The predicted octanol–water partition coefficient (Wildman–Crippen LogP) is 1.70. The van der Waals surface area contributed by atoms with E-state index in [9.17, 15) is 4.79 Å². The zero-order chi connectivity index (χ0) is 13.0. The largest absolute Gasteiger partial charge is 0.396 e. The average Bonchev–Trinajstić information content (AvgIpc) is 3.08. The molecular formula is C11H18N4O2S. The third kappa shape index (κ3) is 3.92.